The Labute approximate surface area is 231 Å². The molecule has 6 nitrogen and oxygen atoms in total. The van der Waals surface area contributed by atoms with Gasteiger partial charge in [-0.15, -0.1) is 0 Å². The van der Waals surface area contributed by atoms with Crippen molar-refractivity contribution in [1.82, 2.24) is 4.57 Å². The molecule has 9 heteroatoms. The second-order valence-corrected chi connectivity index (χ2v) is 10.6. The molecule has 0 bridgehead atoms. The number of unbranched alkanes of at least 4 members (excludes halogenated alkanes) is 1. The Morgan fingerprint density at radius 1 is 1.10 bits per heavy atom. The zero-order valence-electron chi connectivity index (χ0n) is 22.5. The van der Waals surface area contributed by atoms with Crippen molar-refractivity contribution in [1.29, 1.82) is 5.26 Å². The van der Waals surface area contributed by atoms with Gasteiger partial charge in [-0.3, -0.25) is 4.79 Å². The van der Waals surface area contributed by atoms with Crippen LogP contribution in [0.3, 0.4) is 0 Å². The van der Waals surface area contributed by atoms with E-state index in [1.807, 2.05) is 36.4 Å². The van der Waals surface area contributed by atoms with Crippen LogP contribution < -0.4 is 4.74 Å². The van der Waals surface area contributed by atoms with Gasteiger partial charge in [0.2, 0.25) is 0 Å². The zero-order chi connectivity index (χ0) is 28.3. The maximum Gasteiger partial charge on any atom is 0.425 e. The minimum absolute atomic E-state index is 0.0498. The molecule has 3 aromatic rings. The molecule has 0 N–H and O–H groups in total. The van der Waals surface area contributed by atoms with Gasteiger partial charge in [0.25, 0.3) is 0 Å². The smallest absolute Gasteiger partial charge is 0.425 e. The normalized spacial score (nSPS) is 17.0. The second kappa shape index (κ2) is 11.9. The van der Waals surface area contributed by atoms with Gasteiger partial charge in [0.1, 0.15) is 17.9 Å². The number of benzene rings is 2. The monoisotopic (exact) mass is 554 g/mol. The summed E-state index contributed by atoms with van der Waals surface area (Å²) in [5.41, 5.74) is 4.59. The first-order valence-electron chi connectivity index (χ1n) is 13.9. The number of carbonyl (C=O) groups excluding carboxylic acids is 1. The van der Waals surface area contributed by atoms with Gasteiger partial charge in [-0.1, -0.05) is 24.3 Å². The molecule has 1 saturated carbocycles. The van der Waals surface area contributed by atoms with E-state index in [0.29, 0.717) is 44.1 Å². The number of halogens is 3. The average Bonchev–Trinajstić information content (AvgIpc) is 3.72. The summed E-state index contributed by atoms with van der Waals surface area (Å²) >= 11 is 0. The molecule has 0 amide bonds. The third-order valence-electron chi connectivity index (χ3n) is 7.56. The molecule has 0 radical (unpaired) electrons. The van der Waals surface area contributed by atoms with Gasteiger partial charge in [0.05, 0.1) is 30.0 Å². The number of hydrogen-bond donors (Lipinski definition) is 0. The lowest BCUT2D eigenvalue weighted by Gasteiger charge is -2.23. The number of nitriles is 1. The van der Waals surface area contributed by atoms with Crippen molar-refractivity contribution >= 4 is 16.9 Å². The van der Waals surface area contributed by atoms with Gasteiger partial charge < -0.3 is 18.8 Å². The van der Waals surface area contributed by atoms with E-state index in [1.54, 1.807) is 0 Å². The highest BCUT2D eigenvalue weighted by Crippen LogP contribution is 2.45. The number of ether oxygens (including phenoxy) is 3. The fourth-order valence-electron chi connectivity index (χ4n) is 5.21. The van der Waals surface area contributed by atoms with Gasteiger partial charge in [-0.2, -0.15) is 18.4 Å². The number of esters is 1. The first kappa shape index (κ1) is 28.0. The number of nitrogens with zero attached hydrogens (tertiary/aromatic N) is 2. The molecule has 1 aliphatic heterocycles. The van der Waals surface area contributed by atoms with Crippen LogP contribution in [0.15, 0.2) is 42.5 Å². The topological polar surface area (TPSA) is 73.5 Å². The lowest BCUT2D eigenvalue weighted by molar-refractivity contribution is -0.216. The van der Waals surface area contributed by atoms with E-state index < -0.39 is 18.2 Å². The van der Waals surface area contributed by atoms with Gasteiger partial charge in [-0.05, 0) is 62.3 Å². The van der Waals surface area contributed by atoms with Crippen LogP contribution in [0.4, 0.5) is 13.2 Å². The summed E-state index contributed by atoms with van der Waals surface area (Å²) in [6.07, 6.45) is -0.922. The number of rotatable bonds is 10. The van der Waals surface area contributed by atoms with Crippen molar-refractivity contribution in [2.75, 3.05) is 13.2 Å². The van der Waals surface area contributed by atoms with E-state index in [4.69, 9.17) is 9.47 Å². The molecule has 212 valence electrons. The Balaban J connectivity index is 1.28. The Morgan fingerprint density at radius 3 is 2.48 bits per heavy atom. The molecule has 5 rings (SSSR count). The van der Waals surface area contributed by atoms with E-state index in [9.17, 15) is 23.2 Å². The summed E-state index contributed by atoms with van der Waals surface area (Å²) in [6, 6.07) is 16.8. The van der Waals surface area contributed by atoms with Crippen LogP contribution in [0.5, 0.6) is 5.75 Å². The first-order valence-corrected chi connectivity index (χ1v) is 13.9. The quantitative estimate of drug-likeness (QED) is 0.195. The first-order chi connectivity index (χ1) is 19.2. The molecule has 2 aliphatic rings. The van der Waals surface area contributed by atoms with E-state index in [2.05, 4.69) is 21.4 Å². The molecule has 2 fully saturated rings. The molecule has 1 aliphatic carbocycles. The zero-order valence-corrected chi connectivity index (χ0v) is 22.5. The summed E-state index contributed by atoms with van der Waals surface area (Å²) < 4.78 is 56.1. The van der Waals surface area contributed by atoms with Crippen molar-refractivity contribution in [2.45, 2.75) is 82.7 Å². The predicted octanol–water partition coefficient (Wildman–Crippen LogP) is 7.28. The summed E-state index contributed by atoms with van der Waals surface area (Å²) in [5, 5.41) is 11.1. The van der Waals surface area contributed by atoms with Crippen LogP contribution in [0.1, 0.15) is 69.0 Å². The number of fused-ring (bicyclic) bond motifs is 1. The van der Waals surface area contributed by atoms with E-state index in [1.165, 1.54) is 0 Å². The highest BCUT2D eigenvalue weighted by molar-refractivity contribution is 5.95. The van der Waals surface area contributed by atoms with E-state index in [0.717, 1.165) is 66.1 Å². The van der Waals surface area contributed by atoms with Crippen molar-refractivity contribution in [3.63, 3.8) is 0 Å². The molecule has 0 unspecified atom stereocenters. The molecular weight excluding hydrogens is 521 g/mol. The minimum Gasteiger partial charge on any atom is -0.490 e. The number of alkyl halides is 3. The average molecular weight is 555 g/mol. The maximum atomic E-state index is 12.6. The fraction of sp³-hybridized carbons (Fsp3) is 0.484. The third-order valence-corrected chi connectivity index (χ3v) is 7.56. The summed E-state index contributed by atoms with van der Waals surface area (Å²) in [5.74, 6) is -0.0274. The van der Waals surface area contributed by atoms with Crippen LogP contribution in [0.25, 0.3) is 22.2 Å². The predicted molar refractivity (Wildman–Crippen MR) is 144 cm³/mol. The summed E-state index contributed by atoms with van der Waals surface area (Å²) in [7, 11) is 0. The Kier molecular flexibility index (Phi) is 8.36. The largest absolute Gasteiger partial charge is 0.490 e. The van der Waals surface area contributed by atoms with Crippen LogP contribution >= 0.6 is 0 Å². The SMILES string of the molecule is C[C@@H](OC(=O)CCCCc1ccc(-c2c(C#N)c3ccc(OC4CCOCC4)cc3n2C2CC2)cc1)C(F)(F)F. The molecule has 40 heavy (non-hydrogen) atoms. The lowest BCUT2D eigenvalue weighted by atomic mass is 10.0. The molecular formula is C31H33F3N2O4. The number of aryl methyl sites for hydroxylation is 1. The van der Waals surface area contributed by atoms with Gasteiger partial charge >= 0.3 is 12.1 Å². The van der Waals surface area contributed by atoms with E-state index in [-0.39, 0.29) is 12.5 Å². The van der Waals surface area contributed by atoms with Crippen molar-refractivity contribution in [2.24, 2.45) is 0 Å². The Morgan fingerprint density at radius 2 is 1.82 bits per heavy atom. The molecule has 1 saturated heterocycles. The van der Waals surface area contributed by atoms with Crippen molar-refractivity contribution in [3.05, 3.63) is 53.6 Å². The lowest BCUT2D eigenvalue weighted by Crippen LogP contribution is -2.30. The molecule has 2 heterocycles. The summed E-state index contributed by atoms with van der Waals surface area (Å²) in [6.45, 7) is 2.25. The molecule has 1 aromatic heterocycles. The highest BCUT2D eigenvalue weighted by atomic mass is 19.4. The van der Waals surface area contributed by atoms with Crippen LogP contribution in [-0.4, -0.2) is 42.1 Å². The standard InChI is InChI=1S/C31H33F3N2O4/c1-20(31(32,33)34)39-29(37)5-3-2-4-21-6-8-22(9-7-21)30-27(19-35)26-13-12-25(40-24-14-16-38-17-15-24)18-28(26)36(30)23-10-11-23/h6-9,12-13,18,20,23-24H,2-5,10-11,14-17H2,1H3/t20-/m1/s1. The maximum absolute atomic E-state index is 12.6. The third kappa shape index (κ3) is 6.44. The Hall–Kier alpha value is -3.51. The summed E-state index contributed by atoms with van der Waals surface area (Å²) in [4.78, 5) is 11.7. The van der Waals surface area contributed by atoms with Crippen LogP contribution in [-0.2, 0) is 20.7 Å². The van der Waals surface area contributed by atoms with Crippen LogP contribution in [0.2, 0.25) is 0 Å². The number of carbonyl (C=O) groups is 1. The molecule has 1 atom stereocenters. The molecule has 0 spiro atoms. The number of hydrogen-bond acceptors (Lipinski definition) is 5. The molecule has 2 aromatic carbocycles. The highest BCUT2D eigenvalue weighted by Gasteiger charge is 2.39. The van der Waals surface area contributed by atoms with E-state index >= 15 is 0 Å². The fourth-order valence-corrected chi connectivity index (χ4v) is 5.21. The Bertz CT molecular complexity index is 1380. The van der Waals surface area contributed by atoms with Gasteiger partial charge in [0, 0.05) is 36.8 Å². The van der Waals surface area contributed by atoms with Crippen molar-refractivity contribution < 1.29 is 32.2 Å². The van der Waals surface area contributed by atoms with Gasteiger partial charge in [0.15, 0.2) is 6.10 Å². The van der Waals surface area contributed by atoms with Gasteiger partial charge in [-0.25, -0.2) is 0 Å². The second-order valence-electron chi connectivity index (χ2n) is 10.6. The number of aromatic nitrogens is 1. The van der Waals surface area contributed by atoms with Crippen molar-refractivity contribution in [3.8, 4) is 23.1 Å². The minimum atomic E-state index is -4.55. The van der Waals surface area contributed by atoms with Crippen LogP contribution in [0, 0.1) is 11.3 Å².